The molecule has 0 radical (unpaired) electrons. The van der Waals surface area contributed by atoms with Gasteiger partial charge in [-0.2, -0.15) is 0 Å². The number of benzene rings is 1. The lowest BCUT2D eigenvalue weighted by Gasteiger charge is -2.33. The van der Waals surface area contributed by atoms with Crippen molar-refractivity contribution in [1.82, 2.24) is 5.32 Å². The van der Waals surface area contributed by atoms with Gasteiger partial charge < -0.3 is 10.6 Å². The standard InChI is InChI=1S/C21H25FN2O2S/c1-21(2,3)12-9-10-14-16(11-12)27-20(17(14)19(26)23-4)24-18(25)13-7-5-6-8-15(13)22/h5-8,12H,9-11H2,1-4H3,(H,23,26)(H,24,25). The molecule has 0 bridgehead atoms. The van der Waals surface area contributed by atoms with Crippen molar-refractivity contribution in [1.29, 1.82) is 0 Å². The molecule has 1 aliphatic rings. The predicted octanol–water partition coefficient (Wildman–Crippen LogP) is 4.65. The molecule has 144 valence electrons. The first-order valence-electron chi connectivity index (χ1n) is 9.15. The number of hydrogen-bond acceptors (Lipinski definition) is 3. The molecule has 0 spiro atoms. The monoisotopic (exact) mass is 388 g/mol. The Balaban J connectivity index is 1.96. The second kappa shape index (κ2) is 7.43. The van der Waals surface area contributed by atoms with Crippen molar-refractivity contribution in [3.05, 3.63) is 51.7 Å². The second-order valence-electron chi connectivity index (χ2n) is 8.03. The van der Waals surface area contributed by atoms with Gasteiger partial charge in [-0.3, -0.25) is 9.59 Å². The largest absolute Gasteiger partial charge is 0.355 e. The van der Waals surface area contributed by atoms with E-state index in [0.29, 0.717) is 16.5 Å². The van der Waals surface area contributed by atoms with E-state index in [1.54, 1.807) is 19.2 Å². The first-order chi connectivity index (χ1) is 12.7. The summed E-state index contributed by atoms with van der Waals surface area (Å²) in [5.41, 5.74) is 1.70. The average Bonchev–Trinajstić information content (AvgIpc) is 2.97. The first kappa shape index (κ1) is 19.5. The molecule has 27 heavy (non-hydrogen) atoms. The van der Waals surface area contributed by atoms with Gasteiger partial charge in [0, 0.05) is 11.9 Å². The van der Waals surface area contributed by atoms with Gasteiger partial charge in [0.2, 0.25) is 0 Å². The molecule has 0 saturated carbocycles. The zero-order valence-corrected chi connectivity index (χ0v) is 16.9. The quantitative estimate of drug-likeness (QED) is 0.804. The Labute approximate surface area is 163 Å². The fourth-order valence-electron chi connectivity index (χ4n) is 3.59. The molecule has 2 amide bonds. The number of nitrogens with one attached hydrogen (secondary N) is 2. The van der Waals surface area contributed by atoms with Crippen LogP contribution in [0, 0.1) is 17.2 Å². The summed E-state index contributed by atoms with van der Waals surface area (Å²) in [7, 11) is 1.58. The van der Waals surface area contributed by atoms with E-state index >= 15 is 0 Å². The van der Waals surface area contributed by atoms with Gasteiger partial charge in [-0.25, -0.2) is 4.39 Å². The van der Waals surface area contributed by atoms with Crippen molar-refractivity contribution in [3.63, 3.8) is 0 Å². The molecule has 0 fully saturated rings. The van der Waals surface area contributed by atoms with Crippen molar-refractivity contribution in [3.8, 4) is 0 Å². The summed E-state index contributed by atoms with van der Waals surface area (Å²) >= 11 is 1.44. The van der Waals surface area contributed by atoms with E-state index in [1.165, 1.54) is 23.5 Å². The number of anilines is 1. The van der Waals surface area contributed by atoms with Crippen LogP contribution in [0.25, 0.3) is 0 Å². The van der Waals surface area contributed by atoms with Crippen molar-refractivity contribution in [2.24, 2.45) is 11.3 Å². The van der Waals surface area contributed by atoms with Crippen LogP contribution in [0.1, 0.15) is 58.3 Å². The van der Waals surface area contributed by atoms with Gasteiger partial charge in [0.25, 0.3) is 11.8 Å². The summed E-state index contributed by atoms with van der Waals surface area (Å²) in [6.45, 7) is 6.70. The number of amides is 2. The third-order valence-electron chi connectivity index (χ3n) is 5.29. The number of thiophene rings is 1. The lowest BCUT2D eigenvalue weighted by molar-refractivity contribution is 0.0962. The topological polar surface area (TPSA) is 58.2 Å². The Hall–Kier alpha value is -2.21. The highest BCUT2D eigenvalue weighted by atomic mass is 32.1. The Morgan fingerprint density at radius 2 is 1.89 bits per heavy atom. The number of rotatable bonds is 3. The van der Waals surface area contributed by atoms with E-state index in [4.69, 9.17) is 0 Å². The third-order valence-corrected chi connectivity index (χ3v) is 6.46. The van der Waals surface area contributed by atoms with Crippen LogP contribution in [0.15, 0.2) is 24.3 Å². The number of hydrogen-bond donors (Lipinski definition) is 2. The maximum Gasteiger partial charge on any atom is 0.259 e. The van der Waals surface area contributed by atoms with E-state index in [0.717, 1.165) is 29.7 Å². The molecule has 1 atom stereocenters. The highest BCUT2D eigenvalue weighted by Crippen LogP contribution is 2.44. The molecule has 4 nitrogen and oxygen atoms in total. The van der Waals surface area contributed by atoms with Crippen LogP contribution in [0.3, 0.4) is 0 Å². The van der Waals surface area contributed by atoms with Gasteiger partial charge in [-0.05, 0) is 48.3 Å². The van der Waals surface area contributed by atoms with E-state index < -0.39 is 11.7 Å². The minimum atomic E-state index is -0.578. The minimum absolute atomic E-state index is 0.0284. The van der Waals surface area contributed by atoms with Gasteiger partial charge in [0.05, 0.1) is 11.1 Å². The van der Waals surface area contributed by atoms with Gasteiger partial charge in [0.1, 0.15) is 10.8 Å². The maximum absolute atomic E-state index is 13.9. The molecule has 1 aliphatic carbocycles. The van der Waals surface area contributed by atoms with Crippen molar-refractivity contribution in [2.75, 3.05) is 12.4 Å². The number of halogens is 1. The smallest absolute Gasteiger partial charge is 0.259 e. The summed E-state index contributed by atoms with van der Waals surface area (Å²) in [4.78, 5) is 26.2. The van der Waals surface area contributed by atoms with Crippen LogP contribution in [0.5, 0.6) is 0 Å². The highest BCUT2D eigenvalue weighted by Gasteiger charge is 2.34. The SMILES string of the molecule is CNC(=O)c1c(NC(=O)c2ccccc2F)sc2c1CCC(C(C)(C)C)C2. The summed E-state index contributed by atoms with van der Waals surface area (Å²) in [5, 5.41) is 5.94. The fourth-order valence-corrected chi connectivity index (χ4v) is 4.91. The second-order valence-corrected chi connectivity index (χ2v) is 9.13. The summed E-state index contributed by atoms with van der Waals surface area (Å²) < 4.78 is 13.9. The number of fused-ring (bicyclic) bond motifs is 1. The summed E-state index contributed by atoms with van der Waals surface area (Å²) in [6.07, 6.45) is 2.72. The van der Waals surface area contributed by atoms with Gasteiger partial charge in [-0.1, -0.05) is 32.9 Å². The van der Waals surface area contributed by atoms with Crippen LogP contribution in [-0.2, 0) is 12.8 Å². The van der Waals surface area contributed by atoms with Gasteiger partial charge in [-0.15, -0.1) is 11.3 Å². The Kier molecular flexibility index (Phi) is 5.38. The van der Waals surface area contributed by atoms with Gasteiger partial charge >= 0.3 is 0 Å². The molecule has 1 aromatic carbocycles. The molecular weight excluding hydrogens is 363 g/mol. The van der Waals surface area contributed by atoms with E-state index in [-0.39, 0.29) is 16.9 Å². The molecule has 2 N–H and O–H groups in total. The van der Waals surface area contributed by atoms with Crippen molar-refractivity contribution >= 4 is 28.2 Å². The lowest BCUT2D eigenvalue weighted by atomic mass is 9.72. The summed E-state index contributed by atoms with van der Waals surface area (Å²) in [5.74, 6) is -0.809. The predicted molar refractivity (Wildman–Crippen MR) is 107 cm³/mol. The van der Waals surface area contributed by atoms with Crippen LogP contribution < -0.4 is 10.6 Å². The molecule has 3 rings (SSSR count). The summed E-state index contributed by atoms with van der Waals surface area (Å²) in [6, 6.07) is 5.85. The minimum Gasteiger partial charge on any atom is -0.355 e. The van der Waals surface area contributed by atoms with Crippen molar-refractivity contribution < 1.29 is 14.0 Å². The molecule has 1 aromatic heterocycles. The molecule has 1 heterocycles. The van der Waals surface area contributed by atoms with E-state index in [9.17, 15) is 14.0 Å². The molecule has 0 aliphatic heterocycles. The van der Waals surface area contributed by atoms with E-state index in [1.807, 2.05) is 0 Å². The van der Waals surface area contributed by atoms with E-state index in [2.05, 4.69) is 31.4 Å². The van der Waals surface area contributed by atoms with Crippen LogP contribution >= 0.6 is 11.3 Å². The Morgan fingerprint density at radius 3 is 2.52 bits per heavy atom. The van der Waals surface area contributed by atoms with Crippen molar-refractivity contribution in [2.45, 2.75) is 40.0 Å². The molecule has 6 heteroatoms. The average molecular weight is 389 g/mol. The molecular formula is C21H25FN2O2S. The zero-order valence-electron chi connectivity index (χ0n) is 16.1. The fraction of sp³-hybridized carbons (Fsp3) is 0.429. The van der Waals surface area contributed by atoms with Crippen LogP contribution in [0.2, 0.25) is 0 Å². The molecule has 0 saturated heterocycles. The normalized spacial score (nSPS) is 16.6. The molecule has 1 unspecified atom stereocenters. The zero-order chi connectivity index (χ0) is 19.8. The Bertz CT molecular complexity index is 883. The van der Waals surface area contributed by atoms with Crippen LogP contribution in [-0.4, -0.2) is 18.9 Å². The van der Waals surface area contributed by atoms with Gasteiger partial charge in [0.15, 0.2) is 0 Å². The third kappa shape index (κ3) is 3.90. The number of carbonyl (C=O) groups excluding carboxylic acids is 2. The maximum atomic E-state index is 13.9. The highest BCUT2D eigenvalue weighted by molar-refractivity contribution is 7.17. The first-order valence-corrected chi connectivity index (χ1v) is 9.96. The van der Waals surface area contributed by atoms with Crippen LogP contribution in [0.4, 0.5) is 9.39 Å². The Morgan fingerprint density at radius 1 is 1.19 bits per heavy atom. The number of carbonyl (C=O) groups is 2. The lowest BCUT2D eigenvalue weighted by Crippen LogP contribution is -2.27. The molecule has 2 aromatic rings.